The molecule has 7 rings (SSSR count). The Hall–Kier alpha value is -8.42. The Labute approximate surface area is 466 Å². The number of methoxy groups -OCH3 is 1. The maximum atomic E-state index is 14.9. The molecule has 24 nitrogen and oxygen atoms in total. The number of halogens is 2. The Kier molecular flexibility index (Phi) is 21.1. The second kappa shape index (κ2) is 28.5. The van der Waals surface area contributed by atoms with Crippen LogP contribution in [0.5, 0.6) is 0 Å². The number of hydrogen-bond acceptors (Lipinski definition) is 15. The van der Waals surface area contributed by atoms with Gasteiger partial charge in [0.15, 0.2) is 5.69 Å². The molecule has 3 aromatic carbocycles. The van der Waals surface area contributed by atoms with Crippen LogP contribution in [0, 0.1) is 18.7 Å². The Morgan fingerprint density at radius 3 is 2.42 bits per heavy atom. The molecule has 1 saturated heterocycles. The van der Waals surface area contributed by atoms with Crippen molar-refractivity contribution in [3.63, 3.8) is 0 Å². The molecular weight excluding hydrogens is 1060 g/mol. The van der Waals surface area contributed by atoms with Crippen LogP contribution in [0.1, 0.15) is 67.6 Å². The molecule has 0 spiro atoms. The lowest BCUT2D eigenvalue weighted by atomic mass is 9.96. The monoisotopic (exact) mass is 1120 g/mol. The molecule has 1 aliphatic heterocycles. The third-order valence-electron chi connectivity index (χ3n) is 13.1. The summed E-state index contributed by atoms with van der Waals surface area (Å²) < 4.78 is 26.6. The minimum Gasteiger partial charge on any atom is -0.453 e. The number of amides is 7. The minimum absolute atomic E-state index is 0.0569. The number of nitrogens with one attached hydrogen (secondary N) is 8. The number of anilines is 3. The van der Waals surface area contributed by atoms with Crippen molar-refractivity contribution in [3.05, 3.63) is 101 Å². The average Bonchev–Trinajstić information content (AvgIpc) is 4.09. The molecule has 26 heteroatoms. The zero-order valence-electron chi connectivity index (χ0n) is 45.0. The van der Waals surface area contributed by atoms with E-state index >= 15 is 0 Å². The maximum Gasteiger partial charge on any atom is 0.407 e. The highest BCUT2D eigenvalue weighted by atomic mass is 35.5. The van der Waals surface area contributed by atoms with Gasteiger partial charge in [0.2, 0.25) is 17.7 Å². The van der Waals surface area contributed by atoms with Crippen molar-refractivity contribution in [1.82, 2.24) is 56.5 Å². The highest BCUT2D eigenvalue weighted by molar-refractivity contribution is 6.31. The van der Waals surface area contributed by atoms with Gasteiger partial charge in [0.1, 0.15) is 29.5 Å². The SMILES string of the molecule is COC(=O)NCc1ccc(NC(=O)[C@H](CCCNC(N)=O)NC(=O)[C@@H](NC(=O)c2cn(CCOCCC(=O)NCCNc3ncc(-c4cc(C)cc(F)c4)c(N4CCC(N)CC4)c3-c3nc4ccc(Cl)cc4[nH]3)nn2)C(C)C)cc1. The summed E-state index contributed by atoms with van der Waals surface area (Å²) >= 11 is 6.37. The summed E-state index contributed by atoms with van der Waals surface area (Å²) in [5.41, 5.74) is 17.8. The second-order valence-electron chi connectivity index (χ2n) is 19.6. The molecule has 1 aliphatic rings. The average molecular weight is 1120 g/mol. The van der Waals surface area contributed by atoms with E-state index in [-0.39, 0.29) is 82.1 Å². The third-order valence-corrected chi connectivity index (χ3v) is 13.3. The lowest BCUT2D eigenvalue weighted by Crippen LogP contribution is -2.54. The predicted molar refractivity (Wildman–Crippen MR) is 300 cm³/mol. The molecular formula is C54H68ClFN16O8. The number of imidazole rings is 1. The zero-order chi connectivity index (χ0) is 57.3. The van der Waals surface area contributed by atoms with E-state index in [1.807, 2.05) is 19.1 Å². The highest BCUT2D eigenvalue weighted by Gasteiger charge is 2.31. The number of alkyl carbamates (subject to hydrolysis) is 1. The lowest BCUT2D eigenvalue weighted by molar-refractivity contribution is -0.128. The van der Waals surface area contributed by atoms with Crippen LogP contribution < -0.4 is 53.6 Å². The van der Waals surface area contributed by atoms with E-state index in [0.29, 0.717) is 58.6 Å². The van der Waals surface area contributed by atoms with E-state index in [1.165, 1.54) is 30.1 Å². The summed E-state index contributed by atoms with van der Waals surface area (Å²) in [6.07, 6.45) is 4.53. The quantitative estimate of drug-likeness (QED) is 0.0328. The number of aromatic nitrogens is 6. The van der Waals surface area contributed by atoms with E-state index in [4.69, 9.17) is 37.8 Å². The van der Waals surface area contributed by atoms with Gasteiger partial charge >= 0.3 is 12.1 Å². The van der Waals surface area contributed by atoms with Gasteiger partial charge in [-0.25, -0.2) is 28.6 Å². The van der Waals surface area contributed by atoms with Gasteiger partial charge in [-0.3, -0.25) is 19.2 Å². The number of carbonyl (C=O) groups excluding carboxylic acids is 6. The summed E-state index contributed by atoms with van der Waals surface area (Å²) in [6.45, 7) is 7.98. The van der Waals surface area contributed by atoms with Crippen molar-refractivity contribution in [1.29, 1.82) is 0 Å². The number of aromatic amines is 1. The lowest BCUT2D eigenvalue weighted by Gasteiger charge is -2.35. The fraction of sp³-hybridized carbons (Fsp3) is 0.407. The Morgan fingerprint density at radius 1 is 0.925 bits per heavy atom. The second-order valence-corrected chi connectivity index (χ2v) is 20.0. The van der Waals surface area contributed by atoms with Gasteiger partial charge in [0.05, 0.1) is 55.3 Å². The number of primary amides is 1. The number of carbonyl (C=O) groups is 6. The molecule has 0 radical (unpaired) electrons. The van der Waals surface area contributed by atoms with Crippen LogP contribution in [0.15, 0.2) is 73.1 Å². The van der Waals surface area contributed by atoms with E-state index < -0.39 is 47.8 Å². The van der Waals surface area contributed by atoms with Crippen molar-refractivity contribution in [2.45, 2.75) is 84.1 Å². The molecule has 1 fully saturated rings. The number of hydrogen-bond donors (Lipinski definition) is 10. The molecule has 2 atom stereocenters. The van der Waals surface area contributed by atoms with E-state index in [1.54, 1.807) is 56.4 Å². The van der Waals surface area contributed by atoms with Gasteiger partial charge in [-0.1, -0.05) is 48.9 Å². The summed E-state index contributed by atoms with van der Waals surface area (Å²) in [5, 5.41) is 28.1. The van der Waals surface area contributed by atoms with E-state index in [9.17, 15) is 33.2 Å². The summed E-state index contributed by atoms with van der Waals surface area (Å²) in [7, 11) is 1.26. The zero-order valence-corrected chi connectivity index (χ0v) is 45.8. The Morgan fingerprint density at radius 2 is 1.70 bits per heavy atom. The van der Waals surface area contributed by atoms with Crippen molar-refractivity contribution in [2.24, 2.45) is 17.4 Å². The fourth-order valence-electron chi connectivity index (χ4n) is 8.90. The van der Waals surface area contributed by atoms with Crippen LogP contribution in [0.25, 0.3) is 33.5 Å². The Balaban J connectivity index is 0.895. The van der Waals surface area contributed by atoms with E-state index in [0.717, 1.165) is 40.7 Å². The highest BCUT2D eigenvalue weighted by Crippen LogP contribution is 2.44. The smallest absolute Gasteiger partial charge is 0.407 e. The van der Waals surface area contributed by atoms with E-state index in [2.05, 4.69) is 62.2 Å². The number of nitrogens with zero attached hydrogens (tertiary/aromatic N) is 6. The summed E-state index contributed by atoms with van der Waals surface area (Å²) in [5.74, 6) is -1.83. The molecule has 0 aliphatic carbocycles. The van der Waals surface area contributed by atoms with Crippen LogP contribution in [0.2, 0.25) is 5.02 Å². The standard InChI is InChI=1S/C54H68ClFN16O8/c1-31(2)46(52(76)67-41(6-5-16-61-53(58)77)50(74)64-38-10-7-33(8-11-38)28-63-54(78)79-4)68-51(75)43-30-72(70-69-43)21-23-80-22-15-44(73)59-17-18-60-48-45(49-65-40-12-9-35(55)27-42(40)66-49)47(71-19-13-37(57)14-20-71)39(29-62-48)34-24-32(3)25-36(56)26-34/h7-12,24-27,29-31,37,41,46H,5-6,13-23,28,57H2,1-4H3,(H,59,73)(H,60,62)(H,63,78)(H,64,74)(H,65,66)(H,67,76)(H,68,75)(H3,58,61,77)/t41-,46-/m0/s1. The minimum atomic E-state index is -1.09. The predicted octanol–water partition coefficient (Wildman–Crippen LogP) is 4.73. The largest absolute Gasteiger partial charge is 0.453 e. The molecule has 426 valence electrons. The molecule has 12 N–H and O–H groups in total. The molecule has 6 aromatic rings. The number of fused-ring (bicyclic) bond motifs is 1. The van der Waals surface area contributed by atoms with Gasteiger partial charge in [0.25, 0.3) is 5.91 Å². The number of aryl methyl sites for hydroxylation is 1. The van der Waals surface area contributed by atoms with Crippen molar-refractivity contribution in [3.8, 4) is 22.5 Å². The number of ether oxygens (including phenoxy) is 2. The van der Waals surface area contributed by atoms with Gasteiger partial charge in [-0.05, 0) is 97.7 Å². The first-order valence-electron chi connectivity index (χ1n) is 26.3. The normalized spacial score (nSPS) is 13.3. The van der Waals surface area contributed by atoms with Crippen molar-refractivity contribution < 1.29 is 42.6 Å². The first-order chi connectivity index (χ1) is 38.4. The summed E-state index contributed by atoms with van der Waals surface area (Å²) in [6, 6.07) is 14.2. The number of urea groups is 1. The molecule has 0 saturated carbocycles. The third kappa shape index (κ3) is 16.8. The van der Waals surface area contributed by atoms with Crippen LogP contribution in [0.3, 0.4) is 0 Å². The van der Waals surface area contributed by atoms with Crippen LogP contribution >= 0.6 is 11.6 Å². The first kappa shape index (κ1) is 59.2. The molecule has 80 heavy (non-hydrogen) atoms. The number of H-pyrrole nitrogens is 1. The van der Waals surface area contributed by atoms with Crippen LogP contribution in [-0.4, -0.2) is 137 Å². The van der Waals surface area contributed by atoms with Crippen molar-refractivity contribution in [2.75, 3.05) is 68.6 Å². The number of nitrogens with two attached hydrogens (primary N) is 2. The first-order valence-corrected chi connectivity index (χ1v) is 26.6. The topological polar surface area (TPSA) is 333 Å². The fourth-order valence-corrected chi connectivity index (χ4v) is 9.07. The molecule has 0 unspecified atom stereocenters. The molecule has 3 aromatic heterocycles. The molecule has 0 bridgehead atoms. The van der Waals surface area contributed by atoms with Gasteiger partial charge in [-0.2, -0.15) is 0 Å². The number of benzene rings is 3. The van der Waals surface area contributed by atoms with Gasteiger partial charge < -0.3 is 68.0 Å². The van der Waals surface area contributed by atoms with Gasteiger partial charge in [0, 0.05) is 74.2 Å². The number of rotatable bonds is 26. The number of piperidine rings is 1. The Bertz CT molecular complexity index is 3110. The van der Waals surface area contributed by atoms with Crippen molar-refractivity contribution >= 4 is 75.6 Å². The van der Waals surface area contributed by atoms with Crippen LogP contribution in [-0.2, 0) is 36.9 Å². The maximum absolute atomic E-state index is 14.9. The van der Waals surface area contributed by atoms with Gasteiger partial charge in [-0.15, -0.1) is 5.10 Å². The van der Waals surface area contributed by atoms with Crippen LogP contribution in [0.4, 0.5) is 31.2 Å². The molecule has 7 amide bonds. The molecule has 4 heterocycles. The summed E-state index contributed by atoms with van der Waals surface area (Å²) in [4.78, 5) is 91.8. The number of pyridine rings is 1.